The van der Waals surface area contributed by atoms with Crippen LogP contribution < -0.4 is 5.56 Å². The molecule has 10 atom stereocenters. The minimum Gasteiger partial charge on any atom is -0.346 e. The lowest BCUT2D eigenvalue weighted by Gasteiger charge is -2.29. The Kier molecular flexibility index (Phi) is 7.86. The van der Waals surface area contributed by atoms with Gasteiger partial charge in [-0.1, -0.05) is 11.6 Å². The van der Waals surface area contributed by atoms with Crippen LogP contribution in [-0.4, -0.2) is 94.2 Å². The smallest absolute Gasteiger partial charge is 0.278 e. The molecule has 0 saturated carbocycles. The molecule has 3 aliphatic heterocycles. The van der Waals surface area contributed by atoms with Gasteiger partial charge in [-0.3, -0.25) is 18.5 Å². The van der Waals surface area contributed by atoms with Crippen molar-refractivity contribution >= 4 is 63.9 Å². The fraction of sp³-hybridized carbons (Fsp3) is 0.478. The number of imidazole rings is 2. The zero-order chi connectivity index (χ0) is 31.8. The first-order chi connectivity index (χ1) is 21.3. The van der Waals surface area contributed by atoms with Gasteiger partial charge >= 0.3 is 0 Å². The van der Waals surface area contributed by atoms with E-state index in [1.165, 1.54) is 10.9 Å². The number of alkyl halides is 2. The molecule has 4 aromatic rings. The lowest BCUT2D eigenvalue weighted by atomic mass is 10.1. The monoisotopic (exact) mass is 682 g/mol. The Labute approximate surface area is 259 Å². The number of hydrogen-bond donors (Lipinski definition) is 1. The fourth-order valence-corrected chi connectivity index (χ4v) is 7.69. The van der Waals surface area contributed by atoms with Gasteiger partial charge in [0.05, 0.1) is 43.2 Å². The van der Waals surface area contributed by atoms with E-state index in [9.17, 15) is 13.9 Å². The van der Waals surface area contributed by atoms with Crippen molar-refractivity contribution in [1.29, 1.82) is 0 Å². The summed E-state index contributed by atoms with van der Waals surface area (Å²) in [5.74, 6) is 0. The van der Waals surface area contributed by atoms with Crippen LogP contribution in [0.4, 0.5) is 8.78 Å². The van der Waals surface area contributed by atoms with Crippen LogP contribution in [0.25, 0.3) is 22.2 Å². The number of nitrogens with zero attached hydrogens (tertiary/aromatic N) is 5. The highest BCUT2D eigenvalue weighted by Gasteiger charge is 2.53. The van der Waals surface area contributed by atoms with Gasteiger partial charge in [0.2, 0.25) is 15.1 Å². The highest BCUT2D eigenvalue weighted by Crippen LogP contribution is 2.54. The van der Waals surface area contributed by atoms with Crippen molar-refractivity contribution in [1.82, 2.24) is 29.1 Å². The number of hydrogen-bond acceptors (Lipinski definition) is 12. The van der Waals surface area contributed by atoms with Crippen molar-refractivity contribution < 1.29 is 45.5 Å². The lowest BCUT2D eigenvalue weighted by Crippen LogP contribution is -2.37. The van der Waals surface area contributed by atoms with Crippen molar-refractivity contribution in [2.24, 2.45) is 0 Å². The zero-order valence-electron chi connectivity index (χ0n) is 23.0. The Balaban J connectivity index is 1.17. The van der Waals surface area contributed by atoms with E-state index in [2.05, 4.69) is 19.9 Å². The molecule has 0 bridgehead atoms. The van der Waals surface area contributed by atoms with Crippen molar-refractivity contribution in [2.45, 2.75) is 56.1 Å². The molecule has 0 amide bonds. The highest BCUT2D eigenvalue weighted by molar-refractivity contribution is 7.79. The third-order valence-corrected chi connectivity index (χ3v) is 10.2. The molecule has 45 heavy (non-hydrogen) atoms. The number of halogens is 3. The molecular formula is C23H21B2ClF2N6O9P2. The fourth-order valence-electron chi connectivity index (χ4n) is 5.52. The minimum absolute atomic E-state index is 0.0258. The molecule has 3 aromatic heterocycles. The predicted molar refractivity (Wildman–Crippen MR) is 154 cm³/mol. The van der Waals surface area contributed by atoms with Crippen molar-refractivity contribution in [3.05, 3.63) is 52.1 Å². The Hall–Kier alpha value is -2.46. The third kappa shape index (κ3) is 5.62. The number of benzene rings is 1. The summed E-state index contributed by atoms with van der Waals surface area (Å²) in [6.07, 6.45) is -9.74. The molecule has 3 saturated heterocycles. The highest BCUT2D eigenvalue weighted by atomic mass is 35.5. The molecule has 3 fully saturated rings. The van der Waals surface area contributed by atoms with Crippen LogP contribution >= 0.6 is 26.5 Å². The van der Waals surface area contributed by atoms with Crippen molar-refractivity contribution in [2.75, 3.05) is 13.2 Å². The van der Waals surface area contributed by atoms with Crippen LogP contribution in [0.15, 0.2) is 35.9 Å². The molecule has 4 radical (unpaired) electrons. The molecule has 234 valence electrons. The summed E-state index contributed by atoms with van der Waals surface area (Å²) < 4.78 is 94.0. The van der Waals surface area contributed by atoms with Gasteiger partial charge in [0, 0.05) is 5.02 Å². The van der Waals surface area contributed by atoms with Gasteiger partial charge in [0.15, 0.2) is 36.0 Å². The summed E-state index contributed by atoms with van der Waals surface area (Å²) in [7, 11) is 2.48. The van der Waals surface area contributed by atoms with E-state index in [1.807, 2.05) is 0 Å². The number of rotatable bonds is 2. The number of ether oxygens (including phenoxy) is 2. The Bertz CT molecular complexity index is 1950. The molecule has 22 heteroatoms. The topological polar surface area (TPSA) is 171 Å². The first-order valence-electron chi connectivity index (χ1n) is 13.4. The van der Waals surface area contributed by atoms with Gasteiger partial charge in [0.1, 0.15) is 24.4 Å². The summed E-state index contributed by atoms with van der Waals surface area (Å²) in [4.78, 5) is 26.6. The average Bonchev–Trinajstić information content (AvgIpc) is 3.73. The van der Waals surface area contributed by atoms with Crippen LogP contribution in [0.2, 0.25) is 5.02 Å². The van der Waals surface area contributed by atoms with Gasteiger partial charge in [-0.25, -0.2) is 23.7 Å². The second kappa shape index (κ2) is 11.4. The summed E-state index contributed by atoms with van der Waals surface area (Å²) in [5, 5.41) is 0.454. The molecule has 15 nitrogen and oxygen atoms in total. The molecule has 7 rings (SSSR count). The zero-order valence-corrected chi connectivity index (χ0v) is 25.6. The molecule has 4 unspecified atom stereocenters. The lowest BCUT2D eigenvalue weighted by molar-refractivity contribution is -0.0547. The van der Waals surface area contributed by atoms with Gasteiger partial charge in [-0.2, -0.15) is 0 Å². The molecule has 6 heterocycles. The molecule has 0 spiro atoms. The van der Waals surface area contributed by atoms with Gasteiger partial charge < -0.3 is 37.1 Å². The Morgan fingerprint density at radius 2 is 1.51 bits per heavy atom. The summed E-state index contributed by atoms with van der Waals surface area (Å²) in [6, 6.07) is 3.29. The number of aryl methyl sites for hydroxylation is 1. The van der Waals surface area contributed by atoms with Gasteiger partial charge in [0.25, 0.3) is 20.5 Å². The van der Waals surface area contributed by atoms with E-state index in [1.54, 1.807) is 19.1 Å². The van der Waals surface area contributed by atoms with Crippen LogP contribution in [0.3, 0.4) is 0 Å². The average molecular weight is 682 g/mol. The first-order valence-corrected chi connectivity index (χ1v) is 17.0. The van der Waals surface area contributed by atoms with Crippen LogP contribution in [0.5, 0.6) is 0 Å². The third-order valence-electron chi connectivity index (χ3n) is 7.68. The minimum atomic E-state index is -4.60. The standard InChI is InChI=1S/C23H21B2ClF2N6O9P2/c1-9-2-12-11(3-10(9)26)31-7-33(12)22-15(27)18-13(40-22)4-38-45(25,37)43-19-14(5-39-44(24,36)42-18)41-23(16(19)28)34-8-32-17-20(34)29-6-30-21(17)35/h2-3,6-8,13-16,18-19,22-23H,4-5H2,1H3,(H,29,30,35)/t13-,14-,15+,16?,18?,19+,22-,23-,44?,45?/m1/s1. The van der Waals surface area contributed by atoms with Gasteiger partial charge in [-0.05, 0) is 24.6 Å². The molecule has 3 aliphatic rings. The molecular weight excluding hydrogens is 661 g/mol. The maximum Gasteiger partial charge on any atom is 0.278 e. The maximum atomic E-state index is 16.0. The number of fused-ring (bicyclic) bond motifs is 4. The van der Waals surface area contributed by atoms with E-state index in [4.69, 9.17) is 54.3 Å². The molecule has 0 aliphatic carbocycles. The van der Waals surface area contributed by atoms with Gasteiger partial charge in [-0.15, -0.1) is 0 Å². The SMILES string of the molecule is [B]P1(=O)OC[C@H]2O[C@@H](n3cnc4c(=O)[nH]cnc43)C(F)[C@H]2OP([B])(=O)OC[C@H]2O[C@@H](n3cnc4cc(Cl)c(C)cc43)[C@@H](F)C2O1. The second-order valence-electron chi connectivity index (χ2n) is 10.6. The molecule has 1 aromatic carbocycles. The van der Waals surface area contributed by atoms with E-state index in [0.29, 0.717) is 21.6 Å². The van der Waals surface area contributed by atoms with Crippen LogP contribution in [0, 0.1) is 6.92 Å². The van der Waals surface area contributed by atoms with Crippen LogP contribution in [0.1, 0.15) is 18.0 Å². The first kappa shape index (κ1) is 31.2. The predicted octanol–water partition coefficient (Wildman–Crippen LogP) is 2.97. The van der Waals surface area contributed by atoms with E-state index >= 15 is 8.78 Å². The van der Waals surface area contributed by atoms with E-state index in [-0.39, 0.29) is 11.2 Å². The largest absolute Gasteiger partial charge is 0.346 e. The number of nitrogens with one attached hydrogen (secondary N) is 1. The van der Waals surface area contributed by atoms with E-state index in [0.717, 1.165) is 17.2 Å². The number of H-pyrrole nitrogens is 1. The van der Waals surface area contributed by atoms with Crippen molar-refractivity contribution in [3.63, 3.8) is 0 Å². The second-order valence-corrected chi connectivity index (χ2v) is 14.1. The Morgan fingerprint density at radius 1 is 0.933 bits per heavy atom. The molecule has 1 N–H and O–H groups in total. The summed E-state index contributed by atoms with van der Waals surface area (Å²) in [5.41, 5.74) is 0.912. The normalized spacial score (nSPS) is 37.7. The Morgan fingerprint density at radius 3 is 2.13 bits per heavy atom. The summed E-state index contributed by atoms with van der Waals surface area (Å²) >= 11 is 6.19. The van der Waals surface area contributed by atoms with E-state index < -0.39 is 82.9 Å². The van der Waals surface area contributed by atoms with Crippen LogP contribution in [-0.2, 0) is 36.7 Å². The summed E-state index contributed by atoms with van der Waals surface area (Å²) in [6.45, 7) is 0.316. The number of aromatic nitrogens is 6. The quantitative estimate of drug-likeness (QED) is 0.243. The van der Waals surface area contributed by atoms with Crippen molar-refractivity contribution in [3.8, 4) is 0 Å². The maximum absolute atomic E-state index is 16.0. The number of aromatic amines is 1.